The number of esters is 1. The van der Waals surface area contributed by atoms with E-state index in [-0.39, 0.29) is 46.0 Å². The van der Waals surface area contributed by atoms with Crippen LogP contribution in [0.4, 0.5) is 0 Å². The van der Waals surface area contributed by atoms with Crippen LogP contribution in [0, 0.1) is 28.6 Å². The highest BCUT2D eigenvalue weighted by Gasteiger charge is 2.68. The summed E-state index contributed by atoms with van der Waals surface area (Å²) in [5.74, 6) is 0.513. The molecule has 0 saturated heterocycles. The Balaban J connectivity index is 1.65. The second-order valence-electron chi connectivity index (χ2n) is 12.0. The SMILES string of the molecule is C=C1C(=C)C(O)(CCCOC(=O)CCC)[C@@]2(C)CC[C@@H]3[C@@H](C(SC(C)=O)CC4=CC(=O)CC[C@@]43C)[C@H]12. The first kappa shape index (κ1) is 27.4. The molecule has 7 atom stereocenters. The van der Waals surface area contributed by atoms with E-state index in [9.17, 15) is 19.5 Å². The molecule has 0 bridgehead atoms. The number of hydrogen-bond donors (Lipinski definition) is 1. The van der Waals surface area contributed by atoms with E-state index in [0.717, 1.165) is 37.7 Å². The number of hydrogen-bond acceptors (Lipinski definition) is 6. The summed E-state index contributed by atoms with van der Waals surface area (Å²) in [6.45, 7) is 17.2. The number of rotatable bonds is 7. The summed E-state index contributed by atoms with van der Waals surface area (Å²) in [6, 6.07) is 0. The van der Waals surface area contributed by atoms with Gasteiger partial charge in [0, 0.05) is 30.4 Å². The van der Waals surface area contributed by atoms with Crippen molar-refractivity contribution in [1.29, 1.82) is 0 Å². The molecule has 6 heteroatoms. The van der Waals surface area contributed by atoms with E-state index >= 15 is 0 Å². The van der Waals surface area contributed by atoms with Crippen molar-refractivity contribution in [3.63, 3.8) is 0 Å². The fourth-order valence-electron chi connectivity index (χ4n) is 8.16. The molecular weight excluding hydrogens is 472 g/mol. The second-order valence-corrected chi connectivity index (χ2v) is 13.4. The van der Waals surface area contributed by atoms with Crippen LogP contribution in [0.25, 0.3) is 0 Å². The number of carbonyl (C=O) groups is 3. The zero-order chi connectivity index (χ0) is 26.5. The van der Waals surface area contributed by atoms with Gasteiger partial charge in [0.1, 0.15) is 0 Å². The minimum atomic E-state index is -1.12. The molecule has 4 rings (SSSR count). The highest BCUT2D eigenvalue weighted by molar-refractivity contribution is 8.14. The van der Waals surface area contributed by atoms with Gasteiger partial charge in [0.15, 0.2) is 10.9 Å². The van der Waals surface area contributed by atoms with Crippen molar-refractivity contribution in [3.05, 3.63) is 36.0 Å². The summed E-state index contributed by atoms with van der Waals surface area (Å²) < 4.78 is 5.37. The minimum absolute atomic E-state index is 0.0178. The number of aliphatic hydroxyl groups is 1. The Hall–Kier alpha value is -1.66. The third-order valence-electron chi connectivity index (χ3n) is 10.1. The number of carbonyl (C=O) groups excluding carboxylic acids is 3. The highest BCUT2D eigenvalue weighted by Crippen LogP contribution is 2.71. The van der Waals surface area contributed by atoms with Crippen molar-refractivity contribution in [2.24, 2.45) is 28.6 Å². The lowest BCUT2D eigenvalue weighted by molar-refractivity contribution is -0.145. The van der Waals surface area contributed by atoms with Gasteiger partial charge in [-0.05, 0) is 85.3 Å². The molecule has 5 nitrogen and oxygen atoms in total. The van der Waals surface area contributed by atoms with Gasteiger partial charge >= 0.3 is 5.97 Å². The van der Waals surface area contributed by atoms with Crippen LogP contribution < -0.4 is 0 Å². The van der Waals surface area contributed by atoms with Gasteiger partial charge in [0.25, 0.3) is 0 Å². The third kappa shape index (κ3) is 4.26. The van der Waals surface area contributed by atoms with Gasteiger partial charge in [-0.25, -0.2) is 0 Å². The van der Waals surface area contributed by atoms with Crippen LogP contribution in [0.1, 0.15) is 85.5 Å². The molecule has 0 heterocycles. The van der Waals surface area contributed by atoms with Crippen LogP contribution in [0.15, 0.2) is 36.0 Å². The maximum atomic E-state index is 12.4. The largest absolute Gasteiger partial charge is 0.466 e. The van der Waals surface area contributed by atoms with Crippen LogP contribution in [0.5, 0.6) is 0 Å². The predicted molar refractivity (Wildman–Crippen MR) is 143 cm³/mol. The smallest absolute Gasteiger partial charge is 0.305 e. The molecule has 36 heavy (non-hydrogen) atoms. The van der Waals surface area contributed by atoms with Crippen molar-refractivity contribution >= 4 is 28.6 Å². The van der Waals surface area contributed by atoms with E-state index in [1.165, 1.54) is 17.3 Å². The zero-order valence-electron chi connectivity index (χ0n) is 22.4. The lowest BCUT2D eigenvalue weighted by Gasteiger charge is -2.61. The van der Waals surface area contributed by atoms with E-state index in [1.807, 2.05) is 13.0 Å². The molecule has 3 fully saturated rings. The lowest BCUT2D eigenvalue weighted by Crippen LogP contribution is -2.58. The first-order valence-corrected chi connectivity index (χ1v) is 14.4. The molecule has 3 saturated carbocycles. The summed E-state index contributed by atoms with van der Waals surface area (Å²) in [6.07, 6.45) is 7.97. The van der Waals surface area contributed by atoms with Crippen LogP contribution in [-0.2, 0) is 19.1 Å². The van der Waals surface area contributed by atoms with Gasteiger partial charge < -0.3 is 9.84 Å². The fraction of sp³-hybridized carbons (Fsp3) is 0.700. The van der Waals surface area contributed by atoms with Crippen molar-refractivity contribution in [2.75, 3.05) is 6.61 Å². The molecule has 4 aliphatic rings. The first-order chi connectivity index (χ1) is 16.9. The topological polar surface area (TPSA) is 80.7 Å². The Kier molecular flexibility index (Phi) is 7.53. The van der Waals surface area contributed by atoms with Crippen molar-refractivity contribution < 1.29 is 24.2 Å². The van der Waals surface area contributed by atoms with Crippen molar-refractivity contribution in [1.82, 2.24) is 0 Å². The molecule has 0 aromatic carbocycles. The molecule has 1 N–H and O–H groups in total. The summed E-state index contributed by atoms with van der Waals surface area (Å²) in [5, 5.41) is 12.3. The van der Waals surface area contributed by atoms with Crippen LogP contribution in [0.3, 0.4) is 0 Å². The van der Waals surface area contributed by atoms with Gasteiger partial charge in [-0.1, -0.05) is 51.3 Å². The van der Waals surface area contributed by atoms with Gasteiger partial charge in [0.05, 0.1) is 12.2 Å². The van der Waals surface area contributed by atoms with Crippen LogP contribution in [-0.4, -0.2) is 39.4 Å². The fourth-order valence-corrected chi connectivity index (χ4v) is 9.35. The average Bonchev–Trinajstić information content (AvgIpc) is 2.95. The standard InChI is InChI=1S/C30H42O5S/c1-7-9-25(33)35-15-8-12-30(34)19(3)18(2)27-26-23(11-14-29(27,30)6)28(5)13-10-22(32)16-21(28)17-24(26)36-20(4)31/h16,23-24,26-27,34H,2-3,7-15,17H2,1,4-6H3/t23-,24?,26+,27+,28+,29+,30?/m1/s1. The number of fused-ring (bicyclic) bond motifs is 5. The number of thioether (sulfide) groups is 1. The van der Waals surface area contributed by atoms with Crippen LogP contribution in [0.2, 0.25) is 0 Å². The molecule has 0 aliphatic heterocycles. The molecule has 0 aromatic rings. The average molecular weight is 515 g/mol. The number of ether oxygens (including phenoxy) is 1. The molecule has 198 valence electrons. The molecule has 2 unspecified atom stereocenters. The van der Waals surface area contributed by atoms with E-state index in [0.29, 0.717) is 37.2 Å². The maximum absolute atomic E-state index is 12.4. The van der Waals surface area contributed by atoms with Gasteiger partial charge in [0.2, 0.25) is 0 Å². The van der Waals surface area contributed by atoms with Gasteiger partial charge in [-0.2, -0.15) is 0 Å². The Bertz CT molecular complexity index is 1010. The Morgan fingerprint density at radius 2 is 1.97 bits per heavy atom. The molecular formula is C30H42O5S. The van der Waals surface area contributed by atoms with Crippen molar-refractivity contribution in [3.8, 4) is 0 Å². The van der Waals surface area contributed by atoms with Gasteiger partial charge in [-0.15, -0.1) is 0 Å². The highest BCUT2D eigenvalue weighted by atomic mass is 32.2. The maximum Gasteiger partial charge on any atom is 0.305 e. The van der Waals surface area contributed by atoms with E-state index in [4.69, 9.17) is 4.74 Å². The summed E-state index contributed by atoms with van der Waals surface area (Å²) in [5.41, 5.74) is 1.18. The Morgan fingerprint density at radius 1 is 1.25 bits per heavy atom. The predicted octanol–water partition coefficient (Wildman–Crippen LogP) is 5.96. The van der Waals surface area contributed by atoms with Gasteiger partial charge in [-0.3, -0.25) is 14.4 Å². The van der Waals surface area contributed by atoms with Crippen LogP contribution >= 0.6 is 11.8 Å². The molecule has 0 amide bonds. The monoisotopic (exact) mass is 514 g/mol. The lowest BCUT2D eigenvalue weighted by atomic mass is 9.46. The quantitative estimate of drug-likeness (QED) is 0.333. The van der Waals surface area contributed by atoms with E-state index in [1.54, 1.807) is 6.92 Å². The molecule has 4 aliphatic carbocycles. The first-order valence-electron chi connectivity index (χ1n) is 13.6. The third-order valence-corrected chi connectivity index (χ3v) is 11.2. The summed E-state index contributed by atoms with van der Waals surface area (Å²) in [4.78, 5) is 36.5. The molecule has 0 aromatic heterocycles. The zero-order valence-corrected chi connectivity index (χ0v) is 23.2. The number of ketones is 1. The number of allylic oxidation sites excluding steroid dienone is 1. The van der Waals surface area contributed by atoms with E-state index in [2.05, 4.69) is 27.0 Å². The Labute approximate surface area is 220 Å². The summed E-state index contributed by atoms with van der Waals surface area (Å²) >= 11 is 1.40. The normalized spacial score (nSPS) is 39.7. The summed E-state index contributed by atoms with van der Waals surface area (Å²) in [7, 11) is 0. The molecule has 0 radical (unpaired) electrons. The molecule has 0 spiro atoms. The second kappa shape index (κ2) is 9.90. The van der Waals surface area contributed by atoms with Crippen molar-refractivity contribution in [2.45, 2.75) is 96.3 Å². The van der Waals surface area contributed by atoms with E-state index < -0.39 is 11.0 Å². The minimum Gasteiger partial charge on any atom is -0.466 e. The Morgan fingerprint density at radius 3 is 2.64 bits per heavy atom.